The van der Waals surface area contributed by atoms with Crippen molar-refractivity contribution in [3.63, 3.8) is 0 Å². The number of pyridine rings is 1. The van der Waals surface area contributed by atoms with E-state index in [1.165, 1.54) is 19.4 Å². The molecule has 0 aliphatic heterocycles. The van der Waals surface area contributed by atoms with E-state index in [2.05, 4.69) is 9.71 Å². The number of hydrogen-bond donors (Lipinski definition) is 1. The largest absolute Gasteiger partial charge is 0.495 e. The monoisotopic (exact) mass is 326 g/mol. The molecule has 0 aliphatic rings. The van der Waals surface area contributed by atoms with Crippen LogP contribution in [-0.2, 0) is 10.0 Å². The zero-order chi connectivity index (χ0) is 15.6. The first-order valence-electron chi connectivity index (χ1n) is 6.13. The van der Waals surface area contributed by atoms with Gasteiger partial charge in [-0.15, -0.1) is 0 Å². The maximum absolute atomic E-state index is 12.5. The summed E-state index contributed by atoms with van der Waals surface area (Å²) < 4.78 is 32.5. The van der Waals surface area contributed by atoms with E-state index in [9.17, 15) is 8.42 Å². The summed E-state index contributed by atoms with van der Waals surface area (Å²) in [6.07, 6.45) is 1.53. The van der Waals surface area contributed by atoms with E-state index in [0.717, 1.165) is 11.1 Å². The Kier molecular flexibility index (Phi) is 4.39. The fourth-order valence-corrected chi connectivity index (χ4v) is 3.20. The van der Waals surface area contributed by atoms with Crippen LogP contribution in [0, 0.1) is 13.8 Å². The molecule has 7 heteroatoms. The Morgan fingerprint density at radius 2 is 1.95 bits per heavy atom. The summed E-state index contributed by atoms with van der Waals surface area (Å²) in [5, 5.41) is 0.355. The molecule has 0 bridgehead atoms. The van der Waals surface area contributed by atoms with E-state index in [0.29, 0.717) is 5.02 Å². The van der Waals surface area contributed by atoms with E-state index in [1.54, 1.807) is 25.1 Å². The number of sulfonamides is 1. The number of nitrogens with one attached hydrogen (secondary N) is 1. The van der Waals surface area contributed by atoms with Crippen LogP contribution in [0.3, 0.4) is 0 Å². The van der Waals surface area contributed by atoms with Crippen LogP contribution in [0.25, 0.3) is 0 Å². The van der Waals surface area contributed by atoms with Crippen molar-refractivity contribution < 1.29 is 13.2 Å². The minimum atomic E-state index is -3.83. The Hall–Kier alpha value is -1.79. The molecular weight excluding hydrogens is 312 g/mol. The molecule has 0 aliphatic carbocycles. The molecule has 2 aromatic rings. The van der Waals surface area contributed by atoms with Crippen LogP contribution in [0.2, 0.25) is 5.02 Å². The number of hydrogen-bond acceptors (Lipinski definition) is 4. The highest BCUT2D eigenvalue weighted by molar-refractivity contribution is 7.92. The third-order valence-corrected chi connectivity index (χ3v) is 4.67. The quantitative estimate of drug-likeness (QED) is 0.937. The van der Waals surface area contributed by atoms with Gasteiger partial charge in [0.25, 0.3) is 10.0 Å². The van der Waals surface area contributed by atoms with Gasteiger partial charge in [0.15, 0.2) is 0 Å². The summed E-state index contributed by atoms with van der Waals surface area (Å²) >= 11 is 6.01. The van der Waals surface area contributed by atoms with Gasteiger partial charge in [-0.1, -0.05) is 11.6 Å². The Bertz CT molecular complexity index is 776. The first-order valence-corrected chi connectivity index (χ1v) is 7.99. The van der Waals surface area contributed by atoms with Gasteiger partial charge in [0.2, 0.25) is 0 Å². The van der Waals surface area contributed by atoms with Crippen LogP contribution in [0.15, 0.2) is 35.4 Å². The van der Waals surface area contributed by atoms with Crippen LogP contribution < -0.4 is 9.46 Å². The number of rotatable bonds is 4. The highest BCUT2D eigenvalue weighted by Crippen LogP contribution is 2.31. The van der Waals surface area contributed by atoms with Crippen LogP contribution in [0.4, 0.5) is 5.82 Å². The number of aryl methyl sites for hydroxylation is 2. The molecule has 1 N–H and O–H groups in total. The smallest absolute Gasteiger partial charge is 0.266 e. The number of halogens is 1. The summed E-state index contributed by atoms with van der Waals surface area (Å²) in [5.74, 6) is 0.478. The number of nitrogens with zero attached hydrogens (tertiary/aromatic N) is 1. The molecule has 0 fully saturated rings. The molecule has 2 rings (SSSR count). The summed E-state index contributed by atoms with van der Waals surface area (Å²) in [4.78, 5) is 3.96. The predicted octanol–water partition coefficient (Wildman–Crippen LogP) is 3.16. The van der Waals surface area contributed by atoms with Gasteiger partial charge in [0.1, 0.15) is 16.5 Å². The van der Waals surface area contributed by atoms with Gasteiger partial charge >= 0.3 is 0 Å². The van der Waals surface area contributed by atoms with Crippen molar-refractivity contribution in [3.05, 3.63) is 46.6 Å². The van der Waals surface area contributed by atoms with Gasteiger partial charge in [-0.05, 0) is 49.2 Å². The molecule has 0 amide bonds. The maximum Gasteiger partial charge on any atom is 0.266 e. The normalized spacial score (nSPS) is 11.2. The number of ether oxygens (including phenoxy) is 1. The molecule has 0 unspecified atom stereocenters. The number of methoxy groups -OCH3 is 1. The second-order valence-electron chi connectivity index (χ2n) is 4.58. The van der Waals surface area contributed by atoms with E-state index >= 15 is 0 Å². The third-order valence-electron chi connectivity index (χ3n) is 2.89. The lowest BCUT2D eigenvalue weighted by atomic mass is 10.2. The lowest BCUT2D eigenvalue weighted by molar-refractivity contribution is 0.402. The molecule has 1 aromatic heterocycles. The van der Waals surface area contributed by atoms with Gasteiger partial charge in [0, 0.05) is 11.2 Å². The van der Waals surface area contributed by atoms with E-state index in [4.69, 9.17) is 16.3 Å². The minimum Gasteiger partial charge on any atom is -0.495 e. The van der Waals surface area contributed by atoms with Crippen LogP contribution in [0.1, 0.15) is 11.1 Å². The summed E-state index contributed by atoms with van der Waals surface area (Å²) in [6.45, 7) is 3.62. The van der Waals surface area contributed by atoms with Crippen LogP contribution >= 0.6 is 11.6 Å². The second-order valence-corrected chi connectivity index (χ2v) is 6.63. The molecule has 0 radical (unpaired) electrons. The lowest BCUT2D eigenvalue weighted by Crippen LogP contribution is -2.15. The highest BCUT2D eigenvalue weighted by atomic mass is 35.5. The van der Waals surface area contributed by atoms with Crippen molar-refractivity contribution >= 4 is 27.4 Å². The Morgan fingerprint density at radius 1 is 1.24 bits per heavy atom. The van der Waals surface area contributed by atoms with Crippen molar-refractivity contribution in [1.82, 2.24) is 4.98 Å². The zero-order valence-corrected chi connectivity index (χ0v) is 13.4. The van der Waals surface area contributed by atoms with Crippen molar-refractivity contribution in [1.29, 1.82) is 0 Å². The van der Waals surface area contributed by atoms with Crippen molar-refractivity contribution in [2.45, 2.75) is 18.7 Å². The molecule has 1 heterocycles. The number of anilines is 1. The predicted molar refractivity (Wildman–Crippen MR) is 82.5 cm³/mol. The minimum absolute atomic E-state index is 0.0242. The van der Waals surface area contributed by atoms with Crippen LogP contribution in [-0.4, -0.2) is 20.5 Å². The third kappa shape index (κ3) is 3.46. The van der Waals surface area contributed by atoms with Gasteiger partial charge in [0.05, 0.1) is 7.11 Å². The van der Waals surface area contributed by atoms with Crippen molar-refractivity contribution in [2.75, 3.05) is 11.8 Å². The summed E-state index contributed by atoms with van der Waals surface area (Å²) in [7, 11) is -2.42. The standard InChI is InChI=1S/C14H15ClN2O3S/c1-9-4-5-16-14(6-9)17-21(18,19)13-8-11(15)10(2)7-12(13)20-3/h4-8H,1-3H3,(H,16,17). The molecular formula is C14H15ClN2O3S. The average molecular weight is 327 g/mol. The van der Waals surface area contributed by atoms with Gasteiger partial charge in [-0.2, -0.15) is 0 Å². The van der Waals surface area contributed by atoms with Gasteiger partial charge < -0.3 is 4.74 Å². The number of aromatic nitrogens is 1. The second kappa shape index (κ2) is 5.91. The number of benzene rings is 1. The van der Waals surface area contributed by atoms with E-state index in [-0.39, 0.29) is 16.5 Å². The average Bonchev–Trinajstić information content (AvgIpc) is 2.40. The lowest BCUT2D eigenvalue weighted by Gasteiger charge is -2.13. The zero-order valence-electron chi connectivity index (χ0n) is 11.8. The fraction of sp³-hybridized carbons (Fsp3) is 0.214. The fourth-order valence-electron chi connectivity index (χ4n) is 1.79. The van der Waals surface area contributed by atoms with Gasteiger partial charge in [-0.3, -0.25) is 4.72 Å². The molecule has 1 aromatic carbocycles. The molecule has 112 valence electrons. The molecule has 0 saturated carbocycles. The Morgan fingerprint density at radius 3 is 2.57 bits per heavy atom. The Balaban J connectivity index is 2.47. The molecule has 0 spiro atoms. The SMILES string of the molecule is COc1cc(C)c(Cl)cc1S(=O)(=O)Nc1cc(C)ccn1. The molecule has 21 heavy (non-hydrogen) atoms. The maximum atomic E-state index is 12.5. The molecule has 0 atom stereocenters. The Labute approximate surface area is 129 Å². The summed E-state index contributed by atoms with van der Waals surface area (Å²) in [5.41, 5.74) is 1.64. The van der Waals surface area contributed by atoms with E-state index < -0.39 is 10.0 Å². The van der Waals surface area contributed by atoms with Crippen molar-refractivity contribution in [2.24, 2.45) is 0 Å². The van der Waals surface area contributed by atoms with Crippen LogP contribution in [0.5, 0.6) is 5.75 Å². The summed E-state index contributed by atoms with van der Waals surface area (Å²) in [6, 6.07) is 6.37. The highest BCUT2D eigenvalue weighted by Gasteiger charge is 2.21. The topological polar surface area (TPSA) is 68.3 Å². The first kappa shape index (κ1) is 15.6. The first-order chi connectivity index (χ1) is 9.83. The molecule has 0 saturated heterocycles. The van der Waals surface area contributed by atoms with Gasteiger partial charge in [-0.25, -0.2) is 13.4 Å². The van der Waals surface area contributed by atoms with E-state index in [1.807, 2.05) is 6.92 Å². The molecule has 5 nitrogen and oxygen atoms in total. The van der Waals surface area contributed by atoms with Crippen molar-refractivity contribution in [3.8, 4) is 5.75 Å².